The number of carbonyl (C=O) groups is 1. The first-order valence-corrected chi connectivity index (χ1v) is 11.6. The van der Waals surface area contributed by atoms with Gasteiger partial charge < -0.3 is 20.1 Å². The molecule has 6 heteroatoms. The molecule has 1 unspecified atom stereocenters. The number of aromatic nitrogens is 1. The number of hydrogen-bond acceptors (Lipinski definition) is 3. The van der Waals surface area contributed by atoms with Crippen LogP contribution in [-0.4, -0.2) is 73.2 Å². The Bertz CT molecular complexity index is 898. The molecule has 0 spiro atoms. The Balaban J connectivity index is 1.11. The molecule has 5 rings (SSSR count). The molecule has 1 aliphatic carbocycles. The summed E-state index contributed by atoms with van der Waals surface area (Å²) < 4.78 is 0. The number of rotatable bonds is 4. The van der Waals surface area contributed by atoms with Crippen LogP contribution >= 0.6 is 0 Å². The summed E-state index contributed by atoms with van der Waals surface area (Å²) in [7, 11) is 3.62. The van der Waals surface area contributed by atoms with Gasteiger partial charge in [0.25, 0.3) is 0 Å². The van der Waals surface area contributed by atoms with Crippen molar-refractivity contribution in [3.05, 3.63) is 30.0 Å². The third kappa shape index (κ3) is 3.78. The number of hydrogen-bond donors (Lipinski definition) is 2. The van der Waals surface area contributed by atoms with E-state index in [1.165, 1.54) is 61.1 Å². The van der Waals surface area contributed by atoms with Gasteiger partial charge in [0.1, 0.15) is 0 Å². The number of H-pyrrole nitrogens is 1. The van der Waals surface area contributed by atoms with Gasteiger partial charge in [-0.1, -0.05) is 6.07 Å². The van der Waals surface area contributed by atoms with E-state index in [2.05, 4.69) is 44.5 Å². The van der Waals surface area contributed by atoms with Crippen LogP contribution in [0.3, 0.4) is 0 Å². The van der Waals surface area contributed by atoms with Crippen LogP contribution in [0.15, 0.2) is 24.4 Å². The lowest BCUT2D eigenvalue weighted by atomic mass is 9.84. The van der Waals surface area contributed by atoms with Crippen LogP contribution in [0.4, 0.5) is 10.5 Å². The van der Waals surface area contributed by atoms with E-state index < -0.39 is 0 Å². The molecule has 0 radical (unpaired) electrons. The summed E-state index contributed by atoms with van der Waals surface area (Å²) in [5, 5.41) is 4.60. The molecule has 1 saturated carbocycles. The molecular weight excluding hydrogens is 374 g/mol. The molecule has 2 fully saturated rings. The normalized spacial score (nSPS) is 26.5. The van der Waals surface area contributed by atoms with Crippen molar-refractivity contribution in [1.29, 1.82) is 0 Å². The molecule has 2 aromatic rings. The van der Waals surface area contributed by atoms with Gasteiger partial charge in [0.15, 0.2) is 0 Å². The second-order valence-electron chi connectivity index (χ2n) is 9.72. The van der Waals surface area contributed by atoms with E-state index in [0.29, 0.717) is 12.1 Å². The Morgan fingerprint density at radius 2 is 2.03 bits per heavy atom. The SMILES string of the molecule is CN(C)C(=O)N[C@H]1CC[C@H](CCN2CCN3c4cccc5[nH]cc(c45)CC3C2)CC1. The van der Waals surface area contributed by atoms with Gasteiger partial charge in [-0.15, -0.1) is 0 Å². The molecule has 162 valence electrons. The fourth-order valence-electron chi connectivity index (χ4n) is 5.77. The number of benzene rings is 1. The number of aromatic amines is 1. The smallest absolute Gasteiger partial charge is 0.317 e. The second-order valence-corrected chi connectivity index (χ2v) is 9.72. The minimum Gasteiger partial charge on any atom is -0.365 e. The van der Waals surface area contributed by atoms with Crippen molar-refractivity contribution in [2.45, 2.75) is 50.6 Å². The molecule has 0 bridgehead atoms. The Morgan fingerprint density at radius 3 is 2.83 bits per heavy atom. The van der Waals surface area contributed by atoms with E-state index in [-0.39, 0.29) is 6.03 Å². The molecule has 2 N–H and O–H groups in total. The largest absolute Gasteiger partial charge is 0.365 e. The predicted octanol–water partition coefficient (Wildman–Crippen LogP) is 3.43. The maximum Gasteiger partial charge on any atom is 0.317 e. The average molecular weight is 410 g/mol. The minimum absolute atomic E-state index is 0.0464. The summed E-state index contributed by atoms with van der Waals surface area (Å²) in [5.41, 5.74) is 4.19. The van der Waals surface area contributed by atoms with Crippen LogP contribution in [0.2, 0.25) is 0 Å². The number of nitrogens with one attached hydrogen (secondary N) is 2. The van der Waals surface area contributed by atoms with Crippen molar-refractivity contribution >= 4 is 22.6 Å². The molecule has 6 nitrogen and oxygen atoms in total. The van der Waals surface area contributed by atoms with Gasteiger partial charge >= 0.3 is 6.03 Å². The first kappa shape index (κ1) is 19.7. The summed E-state index contributed by atoms with van der Waals surface area (Å²) in [4.78, 5) is 22.3. The molecule has 3 heterocycles. The van der Waals surface area contributed by atoms with Gasteiger partial charge in [-0.3, -0.25) is 4.90 Å². The van der Waals surface area contributed by atoms with Crippen molar-refractivity contribution in [2.75, 3.05) is 45.2 Å². The number of fused-ring (bicyclic) bond motifs is 2. The molecule has 2 aliphatic heterocycles. The Hall–Kier alpha value is -2.21. The molecule has 1 aromatic heterocycles. The molecule has 3 aliphatic rings. The van der Waals surface area contributed by atoms with E-state index in [1.54, 1.807) is 4.90 Å². The van der Waals surface area contributed by atoms with Crippen molar-refractivity contribution in [2.24, 2.45) is 5.92 Å². The van der Waals surface area contributed by atoms with E-state index in [1.807, 2.05) is 14.1 Å². The molecular formula is C24H35N5O. The van der Waals surface area contributed by atoms with Crippen LogP contribution in [0.25, 0.3) is 10.9 Å². The van der Waals surface area contributed by atoms with E-state index in [9.17, 15) is 4.79 Å². The van der Waals surface area contributed by atoms with Gasteiger partial charge in [-0.05, 0) is 68.7 Å². The third-order valence-corrected chi connectivity index (χ3v) is 7.53. The monoisotopic (exact) mass is 409 g/mol. The lowest BCUT2D eigenvalue weighted by molar-refractivity contribution is 0.184. The van der Waals surface area contributed by atoms with Crippen molar-refractivity contribution in [3.8, 4) is 0 Å². The zero-order valence-corrected chi connectivity index (χ0v) is 18.4. The molecule has 2 amide bonds. The highest BCUT2D eigenvalue weighted by atomic mass is 16.2. The zero-order valence-electron chi connectivity index (χ0n) is 18.4. The predicted molar refractivity (Wildman–Crippen MR) is 122 cm³/mol. The van der Waals surface area contributed by atoms with Gasteiger partial charge in [-0.25, -0.2) is 4.79 Å². The maximum atomic E-state index is 11.9. The van der Waals surface area contributed by atoms with Gasteiger partial charge in [0.2, 0.25) is 0 Å². The molecule has 1 saturated heterocycles. The van der Waals surface area contributed by atoms with Crippen molar-refractivity contribution < 1.29 is 4.79 Å². The lowest BCUT2D eigenvalue weighted by Gasteiger charge is -2.45. The fraction of sp³-hybridized carbons (Fsp3) is 0.625. The highest BCUT2D eigenvalue weighted by Crippen LogP contribution is 2.38. The summed E-state index contributed by atoms with van der Waals surface area (Å²) >= 11 is 0. The zero-order chi connectivity index (χ0) is 20.7. The number of nitrogens with zero attached hydrogens (tertiary/aromatic N) is 3. The van der Waals surface area contributed by atoms with Gasteiger partial charge in [0, 0.05) is 68.6 Å². The lowest BCUT2D eigenvalue weighted by Crippen LogP contribution is -2.55. The molecule has 1 atom stereocenters. The van der Waals surface area contributed by atoms with Gasteiger partial charge in [-0.2, -0.15) is 0 Å². The number of piperazine rings is 1. The highest BCUT2D eigenvalue weighted by molar-refractivity contribution is 5.96. The fourth-order valence-corrected chi connectivity index (χ4v) is 5.77. The third-order valence-electron chi connectivity index (χ3n) is 7.53. The number of amides is 2. The first-order chi connectivity index (χ1) is 14.6. The van der Waals surface area contributed by atoms with E-state index in [0.717, 1.165) is 31.7 Å². The summed E-state index contributed by atoms with van der Waals surface area (Å²) in [5.74, 6) is 0.812. The van der Waals surface area contributed by atoms with Crippen LogP contribution in [0.5, 0.6) is 0 Å². The van der Waals surface area contributed by atoms with Crippen molar-refractivity contribution in [1.82, 2.24) is 20.1 Å². The number of carbonyl (C=O) groups excluding carboxylic acids is 1. The van der Waals surface area contributed by atoms with Gasteiger partial charge in [0.05, 0.1) is 0 Å². The highest BCUT2D eigenvalue weighted by Gasteiger charge is 2.33. The maximum absolute atomic E-state index is 11.9. The molecule has 30 heavy (non-hydrogen) atoms. The quantitative estimate of drug-likeness (QED) is 0.813. The number of urea groups is 1. The van der Waals surface area contributed by atoms with Crippen LogP contribution < -0.4 is 10.2 Å². The summed E-state index contributed by atoms with van der Waals surface area (Å²) in [6.07, 6.45) is 9.42. The van der Waals surface area contributed by atoms with Crippen LogP contribution in [0.1, 0.15) is 37.7 Å². The van der Waals surface area contributed by atoms with E-state index in [4.69, 9.17) is 0 Å². The Labute approximate surface area is 179 Å². The Morgan fingerprint density at radius 1 is 1.20 bits per heavy atom. The standard InChI is InChI=1S/C24H35N5O/c1-27(2)24(30)26-19-8-6-17(7-9-19)10-11-28-12-13-29-20(16-28)14-18-15-25-21-4-3-5-22(29)23(18)21/h3-5,15,17,19-20,25H,6-14,16H2,1-2H3,(H,26,30)/t17-,19-,20?. The number of anilines is 1. The summed E-state index contributed by atoms with van der Waals surface area (Å²) in [6.45, 7) is 4.70. The topological polar surface area (TPSA) is 54.6 Å². The van der Waals surface area contributed by atoms with Crippen molar-refractivity contribution in [3.63, 3.8) is 0 Å². The first-order valence-electron chi connectivity index (χ1n) is 11.6. The molecule has 1 aromatic carbocycles. The second kappa shape index (κ2) is 8.14. The minimum atomic E-state index is 0.0464. The average Bonchev–Trinajstić information content (AvgIpc) is 3.17. The summed E-state index contributed by atoms with van der Waals surface area (Å²) in [6, 6.07) is 7.69. The van der Waals surface area contributed by atoms with Crippen LogP contribution in [0, 0.1) is 5.92 Å². The Kier molecular flexibility index (Phi) is 5.35. The van der Waals surface area contributed by atoms with Crippen LogP contribution in [-0.2, 0) is 6.42 Å². The van der Waals surface area contributed by atoms with E-state index >= 15 is 0 Å².